The minimum atomic E-state index is -4.58. The number of ketones is 1. The first-order valence-corrected chi connectivity index (χ1v) is 14.1. The summed E-state index contributed by atoms with van der Waals surface area (Å²) < 4.78 is 85.6. The summed E-state index contributed by atoms with van der Waals surface area (Å²) in [6.07, 6.45) is -9.29. The van der Waals surface area contributed by atoms with Gasteiger partial charge in [-0.15, -0.1) is 0 Å². The molecule has 6 rings (SSSR count). The molecule has 0 amide bonds. The molecule has 0 saturated heterocycles. The van der Waals surface area contributed by atoms with Crippen LogP contribution in [-0.2, 0) is 41.3 Å². The zero-order valence-corrected chi connectivity index (χ0v) is 24.9. The standard InChI is InChI=1S/C16H12BF3O3.C8H4ClF3O.C7H8BNO2/c18-16(19,20)13-4-2-1-3-12(13)15(21)8-10-5-6-11-9-23-17(22)14(11)7-10;9-7(13)5-3-1-2-4-6(5)8(10,11)12;9-6-2-1-5-4-11-8(10)7(5)3-6/h1-7,22H,8-9H2;1-4H;1-3,10H,4,9H2. The minimum Gasteiger partial charge on any atom is -0.423 e. The topological polar surface area (TPSA) is 119 Å². The number of anilines is 1. The number of benzene rings is 4. The van der Waals surface area contributed by atoms with Crippen molar-refractivity contribution in [3.8, 4) is 0 Å². The number of hydrogen-bond acceptors (Lipinski definition) is 7. The Morgan fingerprint density at radius 1 is 0.723 bits per heavy atom. The van der Waals surface area contributed by atoms with Crippen LogP contribution in [0, 0.1) is 0 Å². The second kappa shape index (κ2) is 14.7. The Morgan fingerprint density at radius 2 is 1.19 bits per heavy atom. The number of fused-ring (bicyclic) bond motifs is 2. The molecule has 0 fully saturated rings. The van der Waals surface area contributed by atoms with Gasteiger partial charge < -0.3 is 25.1 Å². The minimum absolute atomic E-state index is 0.174. The van der Waals surface area contributed by atoms with Crippen molar-refractivity contribution >= 4 is 53.5 Å². The molecule has 0 spiro atoms. The Morgan fingerprint density at radius 3 is 1.70 bits per heavy atom. The van der Waals surface area contributed by atoms with E-state index in [0.29, 0.717) is 23.3 Å². The highest BCUT2D eigenvalue weighted by Gasteiger charge is 2.36. The van der Waals surface area contributed by atoms with Crippen LogP contribution in [0.5, 0.6) is 0 Å². The lowest BCUT2D eigenvalue weighted by atomic mass is 9.78. The van der Waals surface area contributed by atoms with Crippen LogP contribution in [0.3, 0.4) is 0 Å². The molecule has 0 aliphatic carbocycles. The van der Waals surface area contributed by atoms with Crippen LogP contribution in [0.4, 0.5) is 32.0 Å². The third-order valence-corrected chi connectivity index (χ3v) is 7.25. The van der Waals surface area contributed by atoms with Gasteiger partial charge in [-0.3, -0.25) is 9.59 Å². The normalized spacial score (nSPS) is 13.6. The first kappa shape index (κ1) is 35.7. The van der Waals surface area contributed by atoms with Crippen molar-refractivity contribution < 1.29 is 55.3 Å². The van der Waals surface area contributed by atoms with E-state index < -0.39 is 54.3 Å². The molecule has 4 N–H and O–H groups in total. The summed E-state index contributed by atoms with van der Waals surface area (Å²) in [6.45, 7) is 0.762. The van der Waals surface area contributed by atoms with Crippen LogP contribution in [0.15, 0.2) is 84.9 Å². The summed E-state index contributed by atoms with van der Waals surface area (Å²) in [6, 6.07) is 19.5. The van der Waals surface area contributed by atoms with Crippen LogP contribution in [0.1, 0.15) is 48.5 Å². The zero-order valence-electron chi connectivity index (χ0n) is 24.1. The molecule has 4 aromatic rings. The summed E-state index contributed by atoms with van der Waals surface area (Å²) in [4.78, 5) is 22.8. The van der Waals surface area contributed by atoms with Gasteiger partial charge in [0.05, 0.1) is 24.3 Å². The predicted octanol–water partition coefficient (Wildman–Crippen LogP) is 4.92. The number of carbonyl (C=O) groups excluding carboxylic acids is 2. The van der Waals surface area contributed by atoms with E-state index >= 15 is 0 Å². The quantitative estimate of drug-likeness (QED) is 0.0923. The van der Waals surface area contributed by atoms with Gasteiger partial charge in [0.2, 0.25) is 0 Å². The highest BCUT2D eigenvalue weighted by Crippen LogP contribution is 2.33. The fourth-order valence-electron chi connectivity index (χ4n) is 4.76. The summed E-state index contributed by atoms with van der Waals surface area (Å²) in [5.74, 6) is -0.619. The van der Waals surface area contributed by atoms with Crippen molar-refractivity contribution in [3.05, 3.63) is 124 Å². The SMILES string of the molecule is Nc1ccc2c(c1)B(O)OC2.O=C(Cc1ccc2c(c1)B(O)OC2)c1ccccc1C(F)(F)F.O=C(Cl)c1ccccc1C(F)(F)F. The Bertz CT molecular complexity index is 1770. The van der Waals surface area contributed by atoms with E-state index in [1.165, 1.54) is 30.3 Å². The summed E-state index contributed by atoms with van der Waals surface area (Å²) >= 11 is 4.98. The maximum Gasteiger partial charge on any atom is 0.491 e. The van der Waals surface area contributed by atoms with Crippen molar-refractivity contribution in [2.75, 3.05) is 5.73 Å². The van der Waals surface area contributed by atoms with Gasteiger partial charge in [-0.1, -0.05) is 54.6 Å². The van der Waals surface area contributed by atoms with Gasteiger partial charge >= 0.3 is 26.6 Å². The summed E-state index contributed by atoms with van der Waals surface area (Å²) in [5, 5.41) is 17.8. The van der Waals surface area contributed by atoms with E-state index in [9.17, 15) is 46.0 Å². The van der Waals surface area contributed by atoms with Crippen LogP contribution in [-0.4, -0.2) is 35.3 Å². The summed E-state index contributed by atoms with van der Waals surface area (Å²) in [5.41, 5.74) is 7.10. The molecule has 16 heteroatoms. The first-order chi connectivity index (χ1) is 22.1. The Labute approximate surface area is 270 Å². The third-order valence-electron chi connectivity index (χ3n) is 7.05. The maximum absolute atomic E-state index is 13.0. The van der Waals surface area contributed by atoms with E-state index in [-0.39, 0.29) is 18.6 Å². The lowest BCUT2D eigenvalue weighted by Crippen LogP contribution is -2.28. The van der Waals surface area contributed by atoms with Crippen molar-refractivity contribution in [3.63, 3.8) is 0 Å². The van der Waals surface area contributed by atoms with Crippen LogP contribution in [0.25, 0.3) is 0 Å². The maximum atomic E-state index is 13.0. The van der Waals surface area contributed by atoms with E-state index in [4.69, 9.17) is 26.6 Å². The molecular formula is C31H24B2ClF6NO6. The van der Waals surface area contributed by atoms with Gasteiger partial charge in [0.1, 0.15) is 0 Å². The van der Waals surface area contributed by atoms with Crippen molar-refractivity contribution in [2.24, 2.45) is 0 Å². The number of carbonyl (C=O) groups is 2. The van der Waals surface area contributed by atoms with Crippen molar-refractivity contribution in [2.45, 2.75) is 32.0 Å². The number of nitrogens with two attached hydrogens (primary N) is 1. The number of alkyl halides is 6. The van der Waals surface area contributed by atoms with Crippen LogP contribution in [0.2, 0.25) is 0 Å². The molecule has 2 aliphatic rings. The molecule has 0 unspecified atom stereocenters. The molecule has 244 valence electrons. The number of Topliss-reactive ketones (excluding diaryl/α,β-unsaturated/α-hetero) is 1. The zero-order chi connectivity index (χ0) is 34.5. The molecule has 0 bridgehead atoms. The lowest BCUT2D eigenvalue weighted by molar-refractivity contribution is -0.138. The second-order valence-corrected chi connectivity index (χ2v) is 10.6. The van der Waals surface area contributed by atoms with Gasteiger partial charge in [-0.25, -0.2) is 0 Å². The summed E-state index contributed by atoms with van der Waals surface area (Å²) in [7, 11) is -1.84. The molecule has 0 atom stereocenters. The predicted molar refractivity (Wildman–Crippen MR) is 163 cm³/mol. The largest absolute Gasteiger partial charge is 0.491 e. The number of nitrogen functional groups attached to an aromatic ring is 1. The van der Waals surface area contributed by atoms with Gasteiger partial charge in [0.15, 0.2) is 5.78 Å². The first-order valence-electron chi connectivity index (χ1n) is 13.7. The highest BCUT2D eigenvalue weighted by atomic mass is 35.5. The number of halogens is 7. The molecule has 0 radical (unpaired) electrons. The smallest absolute Gasteiger partial charge is 0.423 e. The fraction of sp³-hybridized carbons (Fsp3) is 0.161. The van der Waals surface area contributed by atoms with E-state index in [0.717, 1.165) is 34.8 Å². The average Bonchev–Trinajstić information content (AvgIpc) is 3.58. The number of rotatable bonds is 4. The van der Waals surface area contributed by atoms with Gasteiger partial charge in [0, 0.05) is 23.2 Å². The molecule has 47 heavy (non-hydrogen) atoms. The Hall–Kier alpha value is -4.14. The van der Waals surface area contributed by atoms with Crippen molar-refractivity contribution in [1.82, 2.24) is 0 Å². The van der Waals surface area contributed by atoms with Crippen molar-refractivity contribution in [1.29, 1.82) is 0 Å². The molecule has 2 aliphatic heterocycles. The molecule has 2 heterocycles. The number of hydrogen-bond donors (Lipinski definition) is 3. The highest BCUT2D eigenvalue weighted by molar-refractivity contribution is 6.68. The molecule has 0 aromatic heterocycles. The third kappa shape index (κ3) is 9.02. The molecular weight excluding hydrogens is 653 g/mol. The average molecular weight is 678 g/mol. The monoisotopic (exact) mass is 677 g/mol. The molecule has 0 saturated carbocycles. The lowest BCUT2D eigenvalue weighted by Gasteiger charge is -2.12. The second-order valence-electron chi connectivity index (χ2n) is 10.3. The van der Waals surface area contributed by atoms with Crippen LogP contribution < -0.4 is 16.7 Å². The molecule has 7 nitrogen and oxygen atoms in total. The van der Waals surface area contributed by atoms with Crippen LogP contribution >= 0.6 is 11.6 Å². The Kier molecular flexibility index (Phi) is 11.2. The fourth-order valence-corrected chi connectivity index (χ4v) is 4.93. The van der Waals surface area contributed by atoms with E-state index in [1.54, 1.807) is 30.3 Å². The van der Waals surface area contributed by atoms with Gasteiger partial charge in [-0.2, -0.15) is 26.3 Å². The molecule has 4 aromatic carbocycles. The van der Waals surface area contributed by atoms with E-state index in [1.807, 2.05) is 6.07 Å². The van der Waals surface area contributed by atoms with E-state index in [2.05, 4.69) is 0 Å². The Balaban J connectivity index is 0.000000176. The van der Waals surface area contributed by atoms with Gasteiger partial charge in [-0.05, 0) is 69.5 Å². The van der Waals surface area contributed by atoms with Gasteiger partial charge in [0.25, 0.3) is 5.24 Å².